The largest absolute Gasteiger partial charge is 0.304 e. The van der Waals surface area contributed by atoms with Crippen LogP contribution in [-0.2, 0) is 0 Å². The summed E-state index contributed by atoms with van der Waals surface area (Å²) in [6.07, 6.45) is 5.05. The Morgan fingerprint density at radius 3 is 2.89 bits per heavy atom. The van der Waals surface area contributed by atoms with Crippen molar-refractivity contribution in [2.45, 2.75) is 6.92 Å². The van der Waals surface area contributed by atoms with E-state index < -0.39 is 5.82 Å². The first kappa shape index (κ1) is 11.1. The molecule has 0 spiro atoms. The SMILES string of the molecule is Cc1cn2cc(-c3ccnc(Cl)n3)cc(F)c2n1. The summed E-state index contributed by atoms with van der Waals surface area (Å²) in [5, 5.41) is 0.134. The Morgan fingerprint density at radius 1 is 1.28 bits per heavy atom. The van der Waals surface area contributed by atoms with Gasteiger partial charge in [-0.05, 0) is 30.7 Å². The predicted molar refractivity (Wildman–Crippen MR) is 65.9 cm³/mol. The second-order valence-electron chi connectivity index (χ2n) is 3.90. The van der Waals surface area contributed by atoms with Crippen LogP contribution in [0.2, 0.25) is 5.28 Å². The summed E-state index contributed by atoms with van der Waals surface area (Å²) < 4.78 is 15.5. The highest BCUT2D eigenvalue weighted by molar-refractivity contribution is 6.28. The van der Waals surface area contributed by atoms with Gasteiger partial charge in [0.2, 0.25) is 5.28 Å². The summed E-state index contributed by atoms with van der Waals surface area (Å²) in [4.78, 5) is 11.9. The number of halogens is 2. The van der Waals surface area contributed by atoms with E-state index >= 15 is 0 Å². The zero-order valence-corrected chi connectivity index (χ0v) is 10.2. The fourth-order valence-corrected chi connectivity index (χ4v) is 1.96. The van der Waals surface area contributed by atoms with E-state index in [0.29, 0.717) is 16.9 Å². The molecule has 0 saturated heterocycles. The third-order valence-electron chi connectivity index (χ3n) is 2.55. The number of rotatable bonds is 1. The lowest BCUT2D eigenvalue weighted by Gasteiger charge is -2.03. The summed E-state index contributed by atoms with van der Waals surface area (Å²) in [5.74, 6) is -0.393. The number of fused-ring (bicyclic) bond motifs is 1. The molecule has 0 atom stereocenters. The highest BCUT2D eigenvalue weighted by Crippen LogP contribution is 2.21. The van der Waals surface area contributed by atoms with Crippen LogP contribution < -0.4 is 0 Å². The van der Waals surface area contributed by atoms with Crippen molar-refractivity contribution in [1.82, 2.24) is 19.4 Å². The number of imidazole rings is 1. The van der Waals surface area contributed by atoms with Crippen molar-refractivity contribution in [3.05, 3.63) is 47.5 Å². The van der Waals surface area contributed by atoms with Gasteiger partial charge in [-0.2, -0.15) is 0 Å². The quantitative estimate of drug-likeness (QED) is 0.634. The van der Waals surface area contributed by atoms with Crippen LogP contribution in [0.5, 0.6) is 0 Å². The van der Waals surface area contributed by atoms with E-state index in [1.165, 1.54) is 12.3 Å². The predicted octanol–water partition coefficient (Wildman–Crippen LogP) is 2.89. The molecule has 0 amide bonds. The molecule has 0 aliphatic rings. The highest BCUT2D eigenvalue weighted by atomic mass is 35.5. The summed E-state index contributed by atoms with van der Waals surface area (Å²) in [6.45, 7) is 1.81. The van der Waals surface area contributed by atoms with Crippen molar-refractivity contribution in [2.24, 2.45) is 0 Å². The lowest BCUT2D eigenvalue weighted by molar-refractivity contribution is 0.630. The topological polar surface area (TPSA) is 43.1 Å². The smallest absolute Gasteiger partial charge is 0.222 e. The Balaban J connectivity index is 2.24. The maximum Gasteiger partial charge on any atom is 0.222 e. The first-order valence-corrected chi connectivity index (χ1v) is 5.65. The minimum atomic E-state index is -0.393. The molecule has 0 aromatic carbocycles. The molecular weight excluding hydrogens is 255 g/mol. The number of aryl methyl sites for hydroxylation is 1. The standard InChI is InChI=1S/C12H8ClFN4/c1-7-5-18-6-8(4-9(14)11(18)16-7)10-2-3-15-12(13)17-10/h2-6H,1H3. The van der Waals surface area contributed by atoms with Gasteiger partial charge in [0.1, 0.15) is 0 Å². The van der Waals surface area contributed by atoms with Crippen molar-refractivity contribution in [3.8, 4) is 11.3 Å². The average molecular weight is 263 g/mol. The first-order chi connectivity index (χ1) is 8.63. The molecule has 3 heterocycles. The molecule has 0 radical (unpaired) electrons. The molecule has 0 N–H and O–H groups in total. The third kappa shape index (κ3) is 1.82. The number of aromatic nitrogens is 4. The van der Waals surface area contributed by atoms with Crippen LogP contribution in [0.4, 0.5) is 4.39 Å². The van der Waals surface area contributed by atoms with Gasteiger partial charge in [-0.3, -0.25) is 0 Å². The van der Waals surface area contributed by atoms with E-state index in [-0.39, 0.29) is 5.28 Å². The van der Waals surface area contributed by atoms with Crippen molar-refractivity contribution >= 4 is 17.2 Å². The minimum absolute atomic E-state index is 0.134. The van der Waals surface area contributed by atoms with Crippen molar-refractivity contribution in [2.75, 3.05) is 0 Å². The van der Waals surface area contributed by atoms with Crippen LogP contribution >= 0.6 is 11.6 Å². The van der Waals surface area contributed by atoms with Crippen LogP contribution in [-0.4, -0.2) is 19.4 Å². The van der Waals surface area contributed by atoms with Gasteiger partial charge in [0.15, 0.2) is 11.5 Å². The summed E-state index contributed by atoms with van der Waals surface area (Å²) in [7, 11) is 0. The summed E-state index contributed by atoms with van der Waals surface area (Å²) in [6, 6.07) is 3.07. The number of hydrogen-bond donors (Lipinski definition) is 0. The van der Waals surface area contributed by atoms with Crippen LogP contribution in [0, 0.1) is 12.7 Å². The van der Waals surface area contributed by atoms with E-state index in [2.05, 4.69) is 15.0 Å². The Hall–Kier alpha value is -2.01. The molecule has 4 nitrogen and oxygen atoms in total. The molecular formula is C12H8ClFN4. The molecule has 0 aliphatic heterocycles. The Labute approximate surface area is 107 Å². The zero-order chi connectivity index (χ0) is 12.7. The highest BCUT2D eigenvalue weighted by Gasteiger charge is 2.09. The number of pyridine rings is 1. The van der Waals surface area contributed by atoms with E-state index in [4.69, 9.17) is 11.6 Å². The second kappa shape index (κ2) is 4.03. The summed E-state index contributed by atoms with van der Waals surface area (Å²) in [5.41, 5.74) is 2.26. The van der Waals surface area contributed by atoms with Gasteiger partial charge < -0.3 is 4.40 Å². The number of nitrogens with zero attached hydrogens (tertiary/aromatic N) is 4. The molecule has 90 valence electrons. The van der Waals surface area contributed by atoms with Crippen LogP contribution in [0.3, 0.4) is 0 Å². The van der Waals surface area contributed by atoms with Gasteiger partial charge >= 0.3 is 0 Å². The zero-order valence-electron chi connectivity index (χ0n) is 9.43. The number of hydrogen-bond acceptors (Lipinski definition) is 3. The fraction of sp³-hybridized carbons (Fsp3) is 0.0833. The molecule has 6 heteroatoms. The van der Waals surface area contributed by atoms with Gasteiger partial charge in [-0.1, -0.05) is 0 Å². The molecule has 3 aromatic heterocycles. The van der Waals surface area contributed by atoms with E-state index in [9.17, 15) is 4.39 Å². The maximum atomic E-state index is 13.9. The van der Waals surface area contributed by atoms with Gasteiger partial charge in [-0.25, -0.2) is 19.3 Å². The Bertz CT molecular complexity index is 738. The fourth-order valence-electron chi connectivity index (χ4n) is 1.82. The second-order valence-corrected chi connectivity index (χ2v) is 4.24. The first-order valence-electron chi connectivity index (χ1n) is 5.27. The van der Waals surface area contributed by atoms with E-state index in [1.54, 1.807) is 22.9 Å². The van der Waals surface area contributed by atoms with Crippen molar-refractivity contribution in [3.63, 3.8) is 0 Å². The lowest BCUT2D eigenvalue weighted by Crippen LogP contribution is -1.93. The Kier molecular flexibility index (Phi) is 2.48. The molecule has 0 saturated carbocycles. The monoisotopic (exact) mass is 262 g/mol. The van der Waals surface area contributed by atoms with Gasteiger partial charge in [0.25, 0.3) is 0 Å². The lowest BCUT2D eigenvalue weighted by atomic mass is 10.2. The Morgan fingerprint density at radius 2 is 2.11 bits per heavy atom. The third-order valence-corrected chi connectivity index (χ3v) is 2.73. The normalized spacial score (nSPS) is 11.1. The van der Waals surface area contributed by atoms with Crippen LogP contribution in [0.1, 0.15) is 5.69 Å². The van der Waals surface area contributed by atoms with E-state index in [1.807, 2.05) is 6.92 Å². The molecule has 0 aliphatic carbocycles. The minimum Gasteiger partial charge on any atom is -0.304 e. The summed E-state index contributed by atoms with van der Waals surface area (Å²) >= 11 is 5.72. The molecule has 0 fully saturated rings. The van der Waals surface area contributed by atoms with Gasteiger partial charge in [0, 0.05) is 24.2 Å². The molecule has 0 unspecified atom stereocenters. The van der Waals surface area contributed by atoms with Crippen LogP contribution in [0.25, 0.3) is 16.9 Å². The van der Waals surface area contributed by atoms with Crippen molar-refractivity contribution < 1.29 is 4.39 Å². The van der Waals surface area contributed by atoms with E-state index in [0.717, 1.165) is 5.69 Å². The van der Waals surface area contributed by atoms with Crippen LogP contribution in [0.15, 0.2) is 30.7 Å². The molecule has 3 aromatic rings. The van der Waals surface area contributed by atoms with Gasteiger partial charge in [0.05, 0.1) is 11.4 Å². The average Bonchev–Trinajstić information content (AvgIpc) is 2.70. The van der Waals surface area contributed by atoms with Crippen molar-refractivity contribution in [1.29, 1.82) is 0 Å². The van der Waals surface area contributed by atoms with Gasteiger partial charge in [-0.15, -0.1) is 0 Å². The molecule has 0 bridgehead atoms. The molecule has 18 heavy (non-hydrogen) atoms. The maximum absolute atomic E-state index is 13.9. The molecule has 3 rings (SSSR count).